The van der Waals surface area contributed by atoms with Crippen molar-refractivity contribution in [2.45, 2.75) is 12.0 Å². The summed E-state index contributed by atoms with van der Waals surface area (Å²) in [6.45, 7) is 4.19. The summed E-state index contributed by atoms with van der Waals surface area (Å²) in [5.74, 6) is 0.635. The number of para-hydroxylation sites is 1. The Balaban J connectivity index is 1.35. The van der Waals surface area contributed by atoms with E-state index in [1.165, 1.54) is 24.2 Å². The van der Waals surface area contributed by atoms with Gasteiger partial charge in [-0.25, -0.2) is 9.98 Å². The molecule has 1 aromatic carbocycles. The lowest BCUT2D eigenvalue weighted by Crippen LogP contribution is -2.46. The number of ether oxygens (including phenoxy) is 1. The predicted molar refractivity (Wildman–Crippen MR) is 83.9 cm³/mol. The van der Waals surface area contributed by atoms with Crippen LogP contribution in [0.1, 0.15) is 6.42 Å². The predicted octanol–water partition coefficient (Wildman–Crippen LogP) is 2.17. The first-order chi connectivity index (χ1) is 10.3. The van der Waals surface area contributed by atoms with Gasteiger partial charge in [-0.1, -0.05) is 23.5 Å². The summed E-state index contributed by atoms with van der Waals surface area (Å²) >= 11 is 1.64. The molecule has 4 heterocycles. The van der Waals surface area contributed by atoms with Gasteiger partial charge in [0.15, 0.2) is 5.13 Å². The van der Waals surface area contributed by atoms with Gasteiger partial charge >= 0.3 is 0 Å². The van der Waals surface area contributed by atoms with Gasteiger partial charge in [0.1, 0.15) is 5.60 Å². The molecule has 5 rings (SSSR count). The van der Waals surface area contributed by atoms with Gasteiger partial charge in [0.25, 0.3) is 6.02 Å². The normalized spacial score (nSPS) is 33.6. The number of nitrogens with one attached hydrogen (secondary N) is 1. The minimum Gasteiger partial charge on any atom is -0.455 e. The molecule has 2 aromatic rings. The Morgan fingerprint density at radius 1 is 1.38 bits per heavy atom. The SMILES string of the molecule is c1ccc2sc(NC3=NCC4(CN5CCC4C5)O3)nc2c1. The third-order valence-corrected chi connectivity index (χ3v) is 5.76. The molecular weight excluding hydrogens is 284 g/mol. The van der Waals surface area contributed by atoms with Gasteiger partial charge in [0, 0.05) is 19.0 Å². The zero-order valence-electron chi connectivity index (χ0n) is 11.6. The van der Waals surface area contributed by atoms with E-state index < -0.39 is 0 Å². The van der Waals surface area contributed by atoms with Gasteiger partial charge < -0.3 is 4.74 Å². The van der Waals surface area contributed by atoms with Gasteiger partial charge in [-0.05, 0) is 25.1 Å². The fourth-order valence-corrected chi connectivity index (χ4v) is 4.61. The summed E-state index contributed by atoms with van der Waals surface area (Å²) in [4.78, 5) is 11.6. The lowest BCUT2D eigenvalue weighted by atomic mass is 9.88. The number of piperidine rings is 1. The fourth-order valence-electron chi connectivity index (χ4n) is 3.75. The lowest BCUT2D eigenvalue weighted by molar-refractivity contribution is 0.0364. The monoisotopic (exact) mass is 300 g/mol. The highest BCUT2D eigenvalue weighted by molar-refractivity contribution is 7.22. The van der Waals surface area contributed by atoms with Crippen molar-refractivity contribution < 1.29 is 4.74 Å². The minimum atomic E-state index is -0.0722. The Kier molecular flexibility index (Phi) is 2.37. The molecule has 3 unspecified atom stereocenters. The molecule has 0 amide bonds. The van der Waals surface area contributed by atoms with Crippen LogP contribution in [0.15, 0.2) is 29.3 Å². The third kappa shape index (κ3) is 1.79. The molecule has 0 saturated carbocycles. The Bertz CT molecular complexity index is 709. The Hall–Kier alpha value is -1.66. The quantitative estimate of drug-likeness (QED) is 0.877. The van der Waals surface area contributed by atoms with Crippen LogP contribution in [0, 0.1) is 5.92 Å². The number of fused-ring (bicyclic) bond motifs is 4. The second kappa shape index (κ2) is 4.18. The molecule has 1 aromatic heterocycles. The van der Waals surface area contributed by atoms with E-state index in [-0.39, 0.29) is 5.60 Å². The fraction of sp³-hybridized carbons (Fsp3) is 0.467. The maximum Gasteiger partial charge on any atom is 0.291 e. The zero-order chi connectivity index (χ0) is 13.9. The number of anilines is 1. The molecule has 2 fully saturated rings. The second-order valence-electron chi connectivity index (χ2n) is 6.12. The average molecular weight is 300 g/mol. The molecule has 108 valence electrons. The molecule has 0 aliphatic carbocycles. The minimum absolute atomic E-state index is 0.0722. The number of benzene rings is 1. The molecule has 2 bridgehead atoms. The van der Waals surface area contributed by atoms with Gasteiger partial charge in [0.2, 0.25) is 0 Å². The van der Waals surface area contributed by atoms with Crippen LogP contribution in [-0.4, -0.2) is 47.7 Å². The van der Waals surface area contributed by atoms with Gasteiger partial charge in [-0.15, -0.1) is 0 Å². The van der Waals surface area contributed by atoms with E-state index in [1.54, 1.807) is 11.3 Å². The molecule has 5 nitrogen and oxygen atoms in total. The summed E-state index contributed by atoms with van der Waals surface area (Å²) < 4.78 is 7.39. The van der Waals surface area contributed by atoms with E-state index in [2.05, 4.69) is 26.3 Å². The standard InChI is InChI=1S/C15H16N4OS/c1-2-4-12-11(3-1)17-14(21-12)18-13-16-8-15(20-13)9-19-6-5-10(15)7-19/h1-4,10H,5-9H2,(H,16,17,18). The van der Waals surface area contributed by atoms with E-state index in [9.17, 15) is 0 Å². The van der Waals surface area contributed by atoms with Crippen LogP contribution in [0.25, 0.3) is 10.2 Å². The zero-order valence-corrected chi connectivity index (χ0v) is 12.4. The first kappa shape index (κ1) is 11.9. The molecular formula is C15H16N4OS. The van der Waals surface area contributed by atoms with Crippen LogP contribution in [0.5, 0.6) is 0 Å². The van der Waals surface area contributed by atoms with E-state index in [0.717, 1.165) is 23.7 Å². The van der Waals surface area contributed by atoms with E-state index in [1.807, 2.05) is 18.2 Å². The van der Waals surface area contributed by atoms with Crippen molar-refractivity contribution in [3.8, 4) is 0 Å². The number of rotatable bonds is 1. The maximum atomic E-state index is 6.21. The largest absolute Gasteiger partial charge is 0.455 e. The van der Waals surface area contributed by atoms with E-state index in [0.29, 0.717) is 11.9 Å². The summed E-state index contributed by atoms with van der Waals surface area (Å²) in [5, 5.41) is 4.11. The van der Waals surface area contributed by atoms with Crippen LogP contribution >= 0.6 is 11.3 Å². The highest BCUT2D eigenvalue weighted by Gasteiger charge is 2.54. The maximum absolute atomic E-state index is 6.21. The topological polar surface area (TPSA) is 49.8 Å². The van der Waals surface area contributed by atoms with Crippen molar-refractivity contribution >= 4 is 32.7 Å². The average Bonchev–Trinajstić information content (AvgIpc) is 3.23. The molecule has 6 heteroatoms. The van der Waals surface area contributed by atoms with Crippen LogP contribution in [0.3, 0.4) is 0 Å². The van der Waals surface area contributed by atoms with Crippen molar-refractivity contribution in [2.75, 3.05) is 31.5 Å². The van der Waals surface area contributed by atoms with Crippen molar-refractivity contribution in [1.29, 1.82) is 0 Å². The van der Waals surface area contributed by atoms with Gasteiger partial charge in [0.05, 0.1) is 16.8 Å². The Morgan fingerprint density at radius 2 is 2.33 bits per heavy atom. The number of nitrogens with zero attached hydrogens (tertiary/aromatic N) is 3. The molecule has 1 spiro atoms. The number of aliphatic imine (C=N–C) groups is 1. The first-order valence-corrected chi connectivity index (χ1v) is 8.21. The lowest BCUT2D eigenvalue weighted by Gasteiger charge is -2.31. The van der Waals surface area contributed by atoms with Crippen LogP contribution in [-0.2, 0) is 4.74 Å². The Morgan fingerprint density at radius 3 is 3.14 bits per heavy atom. The number of amidine groups is 1. The summed E-state index contributed by atoms with van der Waals surface area (Å²) in [6.07, 6.45) is 1.24. The second-order valence-corrected chi connectivity index (χ2v) is 7.15. The molecule has 3 atom stereocenters. The van der Waals surface area contributed by atoms with Crippen molar-refractivity contribution in [2.24, 2.45) is 10.9 Å². The smallest absolute Gasteiger partial charge is 0.291 e. The van der Waals surface area contributed by atoms with Crippen LogP contribution in [0.4, 0.5) is 5.13 Å². The molecule has 1 N–H and O–H groups in total. The van der Waals surface area contributed by atoms with Crippen molar-refractivity contribution in [3.63, 3.8) is 0 Å². The molecule has 3 aliphatic heterocycles. The Labute approximate surface area is 126 Å². The van der Waals surface area contributed by atoms with Crippen molar-refractivity contribution in [1.82, 2.24) is 9.88 Å². The van der Waals surface area contributed by atoms with Gasteiger partial charge in [-0.3, -0.25) is 10.2 Å². The van der Waals surface area contributed by atoms with Crippen LogP contribution in [0.2, 0.25) is 0 Å². The molecule has 2 saturated heterocycles. The molecule has 3 aliphatic rings. The number of hydrogen-bond acceptors (Lipinski definition) is 6. The van der Waals surface area contributed by atoms with Crippen molar-refractivity contribution in [3.05, 3.63) is 24.3 Å². The summed E-state index contributed by atoms with van der Waals surface area (Å²) in [6, 6.07) is 8.79. The van der Waals surface area contributed by atoms with Gasteiger partial charge in [-0.2, -0.15) is 0 Å². The third-order valence-electron chi connectivity index (χ3n) is 4.81. The number of thiazole rings is 1. The first-order valence-electron chi connectivity index (χ1n) is 7.39. The number of aromatic nitrogens is 1. The molecule has 0 radical (unpaired) electrons. The highest BCUT2D eigenvalue weighted by atomic mass is 32.1. The van der Waals surface area contributed by atoms with Crippen LogP contribution < -0.4 is 5.32 Å². The summed E-state index contributed by atoms with van der Waals surface area (Å²) in [5.41, 5.74) is 0.946. The highest BCUT2D eigenvalue weighted by Crippen LogP contribution is 2.41. The van der Waals surface area contributed by atoms with E-state index >= 15 is 0 Å². The van der Waals surface area contributed by atoms with E-state index in [4.69, 9.17) is 4.74 Å². The summed E-state index contributed by atoms with van der Waals surface area (Å²) in [7, 11) is 0. The number of hydrogen-bond donors (Lipinski definition) is 1. The molecule has 21 heavy (non-hydrogen) atoms.